The zero-order valence-corrected chi connectivity index (χ0v) is 12.5. The standard InChI is InChI=1S/C13H16FN3O3S/c1-3-11-12(7-17(2)15-11)16-21(19,20)13-6-9(8-18)4-5-10(13)14/h4-7,16,18H,3,8H2,1-2H3. The first-order chi connectivity index (χ1) is 9.87. The Bertz CT molecular complexity index is 756. The minimum Gasteiger partial charge on any atom is -0.392 e. The molecule has 0 aliphatic rings. The molecule has 0 unspecified atom stereocenters. The zero-order valence-electron chi connectivity index (χ0n) is 11.7. The van der Waals surface area contributed by atoms with Gasteiger partial charge in [-0.1, -0.05) is 13.0 Å². The number of aliphatic hydroxyl groups excluding tert-OH is 1. The van der Waals surface area contributed by atoms with Crippen LogP contribution in [0.1, 0.15) is 18.2 Å². The lowest BCUT2D eigenvalue weighted by Crippen LogP contribution is -2.15. The minimum absolute atomic E-state index is 0.314. The Morgan fingerprint density at radius 2 is 2.14 bits per heavy atom. The van der Waals surface area contributed by atoms with Gasteiger partial charge >= 0.3 is 0 Å². The maximum absolute atomic E-state index is 13.8. The Balaban J connectivity index is 2.42. The number of hydrogen-bond acceptors (Lipinski definition) is 4. The number of halogens is 1. The Morgan fingerprint density at radius 1 is 1.43 bits per heavy atom. The third-order valence-electron chi connectivity index (χ3n) is 2.95. The number of rotatable bonds is 5. The molecule has 0 atom stereocenters. The third-order valence-corrected chi connectivity index (χ3v) is 4.33. The van der Waals surface area contributed by atoms with Crippen LogP contribution in [0.25, 0.3) is 0 Å². The maximum atomic E-state index is 13.8. The highest BCUT2D eigenvalue weighted by molar-refractivity contribution is 7.92. The van der Waals surface area contributed by atoms with Gasteiger partial charge in [0.15, 0.2) is 0 Å². The van der Waals surface area contributed by atoms with Crippen molar-refractivity contribution in [1.82, 2.24) is 9.78 Å². The predicted molar refractivity (Wildman–Crippen MR) is 75.7 cm³/mol. The zero-order chi connectivity index (χ0) is 15.6. The summed E-state index contributed by atoms with van der Waals surface area (Å²) in [6.07, 6.45) is 2.06. The lowest BCUT2D eigenvalue weighted by molar-refractivity contribution is 0.281. The molecule has 0 radical (unpaired) electrons. The van der Waals surface area contributed by atoms with Crippen molar-refractivity contribution in [2.75, 3.05) is 4.72 Å². The molecule has 0 fully saturated rings. The SMILES string of the molecule is CCc1nn(C)cc1NS(=O)(=O)c1cc(CO)ccc1F. The minimum atomic E-state index is -4.09. The molecule has 0 aliphatic heterocycles. The summed E-state index contributed by atoms with van der Waals surface area (Å²) in [6, 6.07) is 3.46. The number of benzene rings is 1. The van der Waals surface area contributed by atoms with Gasteiger partial charge in [0.2, 0.25) is 0 Å². The van der Waals surface area contributed by atoms with Gasteiger partial charge in [0, 0.05) is 13.2 Å². The Morgan fingerprint density at radius 3 is 2.76 bits per heavy atom. The van der Waals surface area contributed by atoms with E-state index in [1.807, 2.05) is 6.92 Å². The van der Waals surface area contributed by atoms with Crippen LogP contribution in [0.4, 0.5) is 10.1 Å². The van der Waals surface area contributed by atoms with E-state index in [1.165, 1.54) is 16.9 Å². The van der Waals surface area contributed by atoms with Crippen molar-refractivity contribution in [3.8, 4) is 0 Å². The van der Waals surface area contributed by atoms with E-state index in [1.54, 1.807) is 7.05 Å². The number of aliphatic hydroxyl groups is 1. The Hall–Kier alpha value is -1.93. The van der Waals surface area contributed by atoms with E-state index in [2.05, 4.69) is 9.82 Å². The van der Waals surface area contributed by atoms with Crippen LogP contribution in [0.15, 0.2) is 29.3 Å². The monoisotopic (exact) mass is 313 g/mol. The topological polar surface area (TPSA) is 84.2 Å². The smallest absolute Gasteiger partial charge is 0.264 e. The molecule has 2 aromatic rings. The van der Waals surface area contributed by atoms with Crippen molar-refractivity contribution >= 4 is 15.7 Å². The molecule has 21 heavy (non-hydrogen) atoms. The van der Waals surface area contributed by atoms with E-state index in [4.69, 9.17) is 5.11 Å². The van der Waals surface area contributed by atoms with Crippen LogP contribution in [-0.2, 0) is 30.1 Å². The highest BCUT2D eigenvalue weighted by atomic mass is 32.2. The van der Waals surface area contributed by atoms with E-state index in [-0.39, 0.29) is 6.61 Å². The molecule has 114 valence electrons. The summed E-state index contributed by atoms with van der Waals surface area (Å²) >= 11 is 0. The largest absolute Gasteiger partial charge is 0.392 e. The van der Waals surface area contributed by atoms with E-state index in [0.717, 1.165) is 12.1 Å². The molecule has 2 rings (SSSR count). The highest BCUT2D eigenvalue weighted by Gasteiger charge is 2.21. The van der Waals surface area contributed by atoms with Crippen LogP contribution in [0.2, 0.25) is 0 Å². The van der Waals surface area contributed by atoms with Crippen LogP contribution in [-0.4, -0.2) is 23.3 Å². The van der Waals surface area contributed by atoms with Crippen molar-refractivity contribution < 1.29 is 17.9 Å². The summed E-state index contributed by atoms with van der Waals surface area (Å²) in [7, 11) is -2.41. The Kier molecular flexibility index (Phi) is 4.29. The van der Waals surface area contributed by atoms with Gasteiger partial charge in [0.05, 0.1) is 18.0 Å². The van der Waals surface area contributed by atoms with Crippen molar-refractivity contribution in [2.24, 2.45) is 7.05 Å². The number of aryl methyl sites for hydroxylation is 2. The fourth-order valence-electron chi connectivity index (χ4n) is 1.93. The molecule has 0 spiro atoms. The average molecular weight is 313 g/mol. The van der Waals surface area contributed by atoms with Gasteiger partial charge in [-0.25, -0.2) is 12.8 Å². The number of nitrogens with one attached hydrogen (secondary N) is 1. The first kappa shape index (κ1) is 15.5. The highest BCUT2D eigenvalue weighted by Crippen LogP contribution is 2.22. The maximum Gasteiger partial charge on any atom is 0.264 e. The summed E-state index contributed by atoms with van der Waals surface area (Å²) in [4.78, 5) is -0.500. The summed E-state index contributed by atoms with van der Waals surface area (Å²) in [5.74, 6) is -0.873. The second kappa shape index (κ2) is 5.82. The number of nitrogens with zero attached hydrogens (tertiary/aromatic N) is 2. The summed E-state index contributed by atoms with van der Waals surface area (Å²) < 4.78 is 42.2. The number of aromatic nitrogens is 2. The Labute approximate surface area is 122 Å². The average Bonchev–Trinajstić information content (AvgIpc) is 2.78. The van der Waals surface area contributed by atoms with E-state index < -0.39 is 20.7 Å². The molecule has 2 N–H and O–H groups in total. The van der Waals surface area contributed by atoms with Crippen LogP contribution in [0.3, 0.4) is 0 Å². The molecule has 0 amide bonds. The quantitative estimate of drug-likeness (QED) is 0.874. The summed E-state index contributed by atoms with van der Waals surface area (Å²) in [6.45, 7) is 1.48. The molecule has 8 heteroatoms. The van der Waals surface area contributed by atoms with Crippen molar-refractivity contribution in [2.45, 2.75) is 24.8 Å². The number of hydrogen-bond donors (Lipinski definition) is 2. The molecule has 6 nitrogen and oxygen atoms in total. The summed E-state index contributed by atoms with van der Waals surface area (Å²) in [5, 5.41) is 13.2. The molecular weight excluding hydrogens is 297 g/mol. The van der Waals surface area contributed by atoms with Crippen molar-refractivity contribution in [1.29, 1.82) is 0 Å². The normalized spacial score (nSPS) is 11.6. The molecule has 1 aromatic carbocycles. The fraction of sp³-hybridized carbons (Fsp3) is 0.308. The van der Waals surface area contributed by atoms with Crippen molar-refractivity contribution in [3.05, 3.63) is 41.5 Å². The van der Waals surface area contributed by atoms with Gasteiger partial charge < -0.3 is 5.11 Å². The summed E-state index contributed by atoms with van der Waals surface area (Å²) in [5.41, 5.74) is 1.20. The van der Waals surface area contributed by atoms with E-state index in [0.29, 0.717) is 23.4 Å². The molecule has 0 aliphatic carbocycles. The van der Waals surface area contributed by atoms with Gasteiger partial charge in [0.1, 0.15) is 10.7 Å². The van der Waals surface area contributed by atoms with Gasteiger partial charge in [-0.2, -0.15) is 5.10 Å². The number of anilines is 1. The third kappa shape index (κ3) is 3.22. The van der Waals surface area contributed by atoms with Gasteiger partial charge in [0.25, 0.3) is 10.0 Å². The molecule has 1 aromatic heterocycles. The van der Waals surface area contributed by atoms with Gasteiger partial charge in [-0.3, -0.25) is 9.40 Å². The first-order valence-corrected chi connectivity index (χ1v) is 7.80. The fourth-order valence-corrected chi connectivity index (χ4v) is 3.13. The molecule has 0 bridgehead atoms. The van der Waals surface area contributed by atoms with Crippen LogP contribution < -0.4 is 4.72 Å². The van der Waals surface area contributed by atoms with E-state index in [9.17, 15) is 12.8 Å². The van der Waals surface area contributed by atoms with Crippen LogP contribution in [0.5, 0.6) is 0 Å². The van der Waals surface area contributed by atoms with E-state index >= 15 is 0 Å². The lowest BCUT2D eigenvalue weighted by atomic mass is 10.2. The molecule has 0 saturated heterocycles. The van der Waals surface area contributed by atoms with Gasteiger partial charge in [-0.05, 0) is 24.1 Å². The first-order valence-electron chi connectivity index (χ1n) is 6.32. The second-order valence-corrected chi connectivity index (χ2v) is 6.20. The van der Waals surface area contributed by atoms with Crippen LogP contribution >= 0.6 is 0 Å². The van der Waals surface area contributed by atoms with Gasteiger partial charge in [-0.15, -0.1) is 0 Å². The van der Waals surface area contributed by atoms with Crippen LogP contribution in [0, 0.1) is 5.82 Å². The molecule has 1 heterocycles. The second-order valence-electron chi connectivity index (χ2n) is 4.55. The molecular formula is C13H16FN3O3S. The predicted octanol–water partition coefficient (Wildman–Crippen LogP) is 1.41. The molecule has 0 saturated carbocycles. The number of sulfonamides is 1. The van der Waals surface area contributed by atoms with Crippen molar-refractivity contribution in [3.63, 3.8) is 0 Å². The lowest BCUT2D eigenvalue weighted by Gasteiger charge is -2.09.